The molecule has 7 N–H and O–H groups in total. The van der Waals surface area contributed by atoms with Gasteiger partial charge >= 0.3 is 11.9 Å². The molecule has 0 radical (unpaired) electrons. The molecular formula is C25H38FN4O7P. The molecule has 2 unspecified atom stereocenters. The Balaban J connectivity index is 1.74. The van der Waals surface area contributed by atoms with Crippen LogP contribution in [0, 0.1) is 11.8 Å². The van der Waals surface area contributed by atoms with E-state index in [9.17, 15) is 28.8 Å². The van der Waals surface area contributed by atoms with Crippen LogP contribution in [0.4, 0.5) is 10.1 Å². The number of carboxylic acids is 2. The van der Waals surface area contributed by atoms with Gasteiger partial charge in [0.2, 0.25) is 0 Å². The number of hydrogen-bond acceptors (Lipinski definition) is 8. The highest BCUT2D eigenvalue weighted by atomic mass is 31.2. The van der Waals surface area contributed by atoms with Gasteiger partial charge in [0, 0.05) is 43.1 Å². The van der Waals surface area contributed by atoms with Crippen LogP contribution in [0.2, 0.25) is 0 Å². The van der Waals surface area contributed by atoms with Crippen LogP contribution in [0.1, 0.15) is 55.3 Å². The molecule has 1 saturated heterocycles. The van der Waals surface area contributed by atoms with E-state index in [1.807, 2.05) is 0 Å². The molecule has 2 atom stereocenters. The Morgan fingerprint density at radius 2 is 1.84 bits per heavy atom. The van der Waals surface area contributed by atoms with E-state index in [1.165, 1.54) is 11.2 Å². The molecule has 1 aromatic rings. The van der Waals surface area contributed by atoms with Crippen LogP contribution in [0.25, 0.3) is 0 Å². The monoisotopic (exact) mass is 556 g/mol. The predicted molar refractivity (Wildman–Crippen MR) is 142 cm³/mol. The van der Waals surface area contributed by atoms with Crippen LogP contribution >= 0.6 is 8.38 Å². The van der Waals surface area contributed by atoms with Gasteiger partial charge in [-0.3, -0.25) is 23.8 Å². The number of alkyl halides is 1. The first-order valence-corrected chi connectivity index (χ1v) is 14.0. The highest BCUT2D eigenvalue weighted by Crippen LogP contribution is 2.36. The molecule has 1 aliphatic heterocycles. The van der Waals surface area contributed by atoms with E-state index in [2.05, 4.69) is 0 Å². The van der Waals surface area contributed by atoms with Crippen molar-refractivity contribution in [2.24, 2.45) is 23.4 Å². The normalized spacial score (nSPS) is 16.2. The fraction of sp³-hybridized carbons (Fsp3) is 0.560. The SMILES string of the molecule is N/C(=C\N(N)c1ccc(C(=O)N2CCC(CCOP(O)CC(CCC(=O)O)C(=O)O)CC2)cc1)CCCF. The average molecular weight is 557 g/mol. The highest BCUT2D eigenvalue weighted by Gasteiger charge is 2.26. The number of amides is 1. The fourth-order valence-electron chi connectivity index (χ4n) is 4.13. The third-order valence-electron chi connectivity index (χ3n) is 6.42. The molecule has 1 fully saturated rings. The number of halogens is 1. The molecule has 1 heterocycles. The number of nitrogens with two attached hydrogens (primary N) is 2. The first kappa shape index (κ1) is 31.4. The number of hydrazine groups is 1. The number of carbonyl (C=O) groups is 3. The van der Waals surface area contributed by atoms with Gasteiger partial charge in [0.05, 0.1) is 24.9 Å². The number of likely N-dealkylation sites (tertiary alicyclic amines) is 1. The Morgan fingerprint density at radius 3 is 2.42 bits per heavy atom. The Bertz CT molecular complexity index is 942. The maximum absolute atomic E-state index is 12.9. The van der Waals surface area contributed by atoms with Gasteiger partial charge in [0.25, 0.3) is 5.91 Å². The predicted octanol–water partition coefficient (Wildman–Crippen LogP) is 3.05. The van der Waals surface area contributed by atoms with Gasteiger partial charge in [-0.25, -0.2) is 5.84 Å². The van der Waals surface area contributed by atoms with Crippen LogP contribution in [-0.2, 0) is 14.1 Å². The highest BCUT2D eigenvalue weighted by molar-refractivity contribution is 7.46. The molecule has 0 spiro atoms. The summed E-state index contributed by atoms with van der Waals surface area (Å²) in [7, 11) is -1.95. The summed E-state index contributed by atoms with van der Waals surface area (Å²) < 4.78 is 17.7. The van der Waals surface area contributed by atoms with Crippen molar-refractivity contribution in [2.45, 2.75) is 44.9 Å². The zero-order valence-corrected chi connectivity index (χ0v) is 22.3. The third-order valence-corrected chi connectivity index (χ3v) is 7.65. The lowest BCUT2D eigenvalue weighted by Gasteiger charge is -2.32. The minimum atomic E-state index is -1.95. The van der Waals surface area contributed by atoms with Gasteiger partial charge in [-0.15, -0.1) is 0 Å². The summed E-state index contributed by atoms with van der Waals surface area (Å²) in [5.74, 6) is 3.04. The van der Waals surface area contributed by atoms with Gasteiger partial charge in [0.15, 0.2) is 8.38 Å². The second kappa shape index (κ2) is 16.2. The minimum Gasteiger partial charge on any atom is -0.481 e. The Hall–Kier alpha value is -2.79. The molecule has 0 bridgehead atoms. The molecule has 212 valence electrons. The van der Waals surface area contributed by atoms with E-state index in [4.69, 9.17) is 21.2 Å². The van der Waals surface area contributed by atoms with Crippen molar-refractivity contribution in [3.63, 3.8) is 0 Å². The zero-order chi connectivity index (χ0) is 28.1. The maximum atomic E-state index is 12.9. The maximum Gasteiger partial charge on any atom is 0.307 e. The first-order valence-electron chi connectivity index (χ1n) is 12.6. The largest absolute Gasteiger partial charge is 0.481 e. The average Bonchev–Trinajstić information content (AvgIpc) is 2.89. The number of piperidine rings is 1. The molecule has 1 aliphatic rings. The lowest BCUT2D eigenvalue weighted by molar-refractivity contribution is -0.142. The number of rotatable bonds is 16. The summed E-state index contributed by atoms with van der Waals surface area (Å²) in [6.45, 7) is 1.01. The molecular weight excluding hydrogens is 518 g/mol. The standard InChI is InChI=1S/C25H38FN4O7P/c26-12-1-2-21(27)16-30(28)22-6-3-19(4-7-22)24(33)29-13-9-18(10-14-29)11-15-37-38(36)17-20(25(34)35)5-8-23(31)32/h3-4,6-7,16,18,20,36H,1-2,5,8-15,17,27-28H2,(H,31,32)(H,34,35)/b21-16-. The molecule has 1 amide bonds. The van der Waals surface area contributed by atoms with Gasteiger partial charge < -0.3 is 30.3 Å². The first-order chi connectivity index (χ1) is 18.1. The van der Waals surface area contributed by atoms with E-state index in [1.54, 1.807) is 29.2 Å². The number of benzene rings is 1. The van der Waals surface area contributed by atoms with Crippen molar-refractivity contribution >= 4 is 31.9 Å². The lowest BCUT2D eigenvalue weighted by Crippen LogP contribution is -2.38. The van der Waals surface area contributed by atoms with Crippen LogP contribution in [0.3, 0.4) is 0 Å². The van der Waals surface area contributed by atoms with Crippen molar-refractivity contribution in [1.29, 1.82) is 0 Å². The van der Waals surface area contributed by atoms with Crippen LogP contribution in [0.15, 0.2) is 36.2 Å². The summed E-state index contributed by atoms with van der Waals surface area (Å²) >= 11 is 0. The summed E-state index contributed by atoms with van der Waals surface area (Å²) in [5.41, 5.74) is 7.48. The lowest BCUT2D eigenvalue weighted by atomic mass is 9.93. The number of carboxylic acid groups (broad SMARTS) is 2. The molecule has 1 aromatic carbocycles. The Labute approximate surface area is 223 Å². The van der Waals surface area contributed by atoms with Crippen molar-refractivity contribution < 1.29 is 38.4 Å². The van der Waals surface area contributed by atoms with Gasteiger partial charge in [-0.2, -0.15) is 0 Å². The van der Waals surface area contributed by atoms with Gasteiger partial charge in [-0.1, -0.05) is 0 Å². The molecule has 38 heavy (non-hydrogen) atoms. The van der Waals surface area contributed by atoms with E-state index >= 15 is 0 Å². The Kier molecular flexibility index (Phi) is 13.4. The van der Waals surface area contributed by atoms with Crippen LogP contribution in [0.5, 0.6) is 0 Å². The van der Waals surface area contributed by atoms with Crippen molar-refractivity contribution in [2.75, 3.05) is 37.5 Å². The number of anilines is 1. The van der Waals surface area contributed by atoms with E-state index < -0.39 is 32.9 Å². The summed E-state index contributed by atoms with van der Waals surface area (Å²) in [5, 5.41) is 19.3. The molecule has 13 heteroatoms. The van der Waals surface area contributed by atoms with E-state index in [-0.39, 0.29) is 31.5 Å². The zero-order valence-electron chi connectivity index (χ0n) is 21.4. The van der Waals surface area contributed by atoms with Crippen molar-refractivity contribution in [3.8, 4) is 0 Å². The quantitative estimate of drug-likeness (QED) is 0.115. The number of hydrogen-bond donors (Lipinski definition) is 5. The third kappa shape index (κ3) is 10.9. The second-order valence-corrected chi connectivity index (χ2v) is 10.6. The van der Waals surface area contributed by atoms with Gasteiger partial charge in [-0.05, 0) is 68.7 Å². The van der Waals surface area contributed by atoms with Gasteiger partial charge in [0.1, 0.15) is 0 Å². The van der Waals surface area contributed by atoms with E-state index in [0.29, 0.717) is 55.2 Å². The number of nitrogens with zero attached hydrogens (tertiary/aromatic N) is 2. The molecule has 0 aromatic heterocycles. The second-order valence-electron chi connectivity index (χ2n) is 9.31. The van der Waals surface area contributed by atoms with E-state index in [0.717, 1.165) is 12.8 Å². The molecule has 0 aliphatic carbocycles. The van der Waals surface area contributed by atoms with Crippen molar-refractivity contribution in [1.82, 2.24) is 4.90 Å². The number of carbonyl (C=O) groups excluding carboxylic acids is 1. The molecule has 2 rings (SSSR count). The van der Waals surface area contributed by atoms with Crippen LogP contribution in [-0.4, -0.2) is 70.4 Å². The summed E-state index contributed by atoms with van der Waals surface area (Å²) in [6.07, 6.45) is 4.09. The number of aliphatic carboxylic acids is 2. The smallest absolute Gasteiger partial charge is 0.307 e. The minimum absolute atomic E-state index is 0.0552. The number of allylic oxidation sites excluding steroid dienone is 1. The fourth-order valence-corrected chi connectivity index (χ4v) is 5.27. The molecule has 0 saturated carbocycles. The molecule has 11 nitrogen and oxygen atoms in total. The summed E-state index contributed by atoms with van der Waals surface area (Å²) in [4.78, 5) is 46.7. The van der Waals surface area contributed by atoms with Crippen LogP contribution < -0.4 is 16.6 Å². The topological polar surface area (TPSA) is 180 Å². The Morgan fingerprint density at radius 1 is 1.18 bits per heavy atom. The van der Waals surface area contributed by atoms with Crippen molar-refractivity contribution in [3.05, 3.63) is 41.7 Å². The summed E-state index contributed by atoms with van der Waals surface area (Å²) in [6, 6.07) is 6.85.